The Morgan fingerprint density at radius 1 is 1.25 bits per heavy atom. The number of amides is 2. The standard InChI is InChI=1S/C15H22N4O/c1-12-11-19(9-8-18-7-6-16-15(18)20)14-5-3-2-4-13(14)10-17-12/h2-5,12,17H,6-11H2,1H3,(H,16,20). The number of hydrogen-bond donors (Lipinski definition) is 2. The Kier molecular flexibility index (Phi) is 3.78. The van der Waals surface area contributed by atoms with Crippen LogP contribution in [0.1, 0.15) is 12.5 Å². The van der Waals surface area contributed by atoms with Gasteiger partial charge in [0, 0.05) is 51.0 Å². The summed E-state index contributed by atoms with van der Waals surface area (Å²) in [6.45, 7) is 7.37. The number of nitrogens with zero attached hydrogens (tertiary/aromatic N) is 2. The molecule has 2 heterocycles. The number of fused-ring (bicyclic) bond motifs is 1. The highest BCUT2D eigenvalue weighted by atomic mass is 16.2. The highest BCUT2D eigenvalue weighted by Crippen LogP contribution is 2.23. The first-order valence-electron chi connectivity index (χ1n) is 7.33. The fourth-order valence-corrected chi connectivity index (χ4v) is 2.92. The lowest BCUT2D eigenvalue weighted by Crippen LogP contribution is -2.41. The fourth-order valence-electron chi connectivity index (χ4n) is 2.92. The number of urea groups is 1. The molecule has 20 heavy (non-hydrogen) atoms. The Balaban J connectivity index is 1.72. The average molecular weight is 274 g/mol. The molecule has 5 nitrogen and oxygen atoms in total. The van der Waals surface area contributed by atoms with Crippen LogP contribution in [-0.2, 0) is 6.54 Å². The zero-order valence-corrected chi connectivity index (χ0v) is 11.9. The normalized spacial score (nSPS) is 22.4. The topological polar surface area (TPSA) is 47.6 Å². The van der Waals surface area contributed by atoms with Gasteiger partial charge in [0.05, 0.1) is 0 Å². The van der Waals surface area contributed by atoms with Crippen LogP contribution in [0.15, 0.2) is 24.3 Å². The minimum Gasteiger partial charge on any atom is -0.368 e. The minimum absolute atomic E-state index is 0.0688. The first kappa shape index (κ1) is 13.2. The van der Waals surface area contributed by atoms with Gasteiger partial charge in [0.2, 0.25) is 0 Å². The van der Waals surface area contributed by atoms with Gasteiger partial charge >= 0.3 is 6.03 Å². The summed E-state index contributed by atoms with van der Waals surface area (Å²) in [5, 5.41) is 6.39. The highest BCUT2D eigenvalue weighted by molar-refractivity contribution is 5.76. The Bertz CT molecular complexity index is 491. The van der Waals surface area contributed by atoms with Gasteiger partial charge in [-0.2, -0.15) is 0 Å². The second kappa shape index (κ2) is 5.71. The molecule has 2 aliphatic rings. The van der Waals surface area contributed by atoms with Crippen molar-refractivity contribution >= 4 is 11.7 Å². The van der Waals surface area contributed by atoms with Crippen molar-refractivity contribution in [2.45, 2.75) is 19.5 Å². The second-order valence-electron chi connectivity index (χ2n) is 5.58. The molecule has 0 aliphatic carbocycles. The van der Waals surface area contributed by atoms with Crippen LogP contribution < -0.4 is 15.5 Å². The largest absolute Gasteiger partial charge is 0.368 e. The van der Waals surface area contributed by atoms with Crippen molar-refractivity contribution in [3.8, 4) is 0 Å². The number of benzene rings is 1. The van der Waals surface area contributed by atoms with Gasteiger partial charge in [-0.1, -0.05) is 18.2 Å². The molecule has 0 spiro atoms. The first-order valence-corrected chi connectivity index (χ1v) is 7.33. The van der Waals surface area contributed by atoms with E-state index >= 15 is 0 Å². The van der Waals surface area contributed by atoms with Gasteiger partial charge in [-0.25, -0.2) is 4.79 Å². The molecule has 0 saturated carbocycles. The van der Waals surface area contributed by atoms with E-state index in [1.807, 2.05) is 4.90 Å². The number of para-hydroxylation sites is 1. The van der Waals surface area contributed by atoms with Crippen molar-refractivity contribution in [3.05, 3.63) is 29.8 Å². The van der Waals surface area contributed by atoms with Crippen LogP contribution in [0, 0.1) is 0 Å². The maximum atomic E-state index is 11.6. The van der Waals surface area contributed by atoms with E-state index in [0.717, 1.165) is 39.3 Å². The van der Waals surface area contributed by atoms with Crippen LogP contribution in [0.5, 0.6) is 0 Å². The molecule has 1 fully saturated rings. The predicted molar refractivity (Wildman–Crippen MR) is 79.9 cm³/mol. The van der Waals surface area contributed by atoms with E-state index in [-0.39, 0.29) is 6.03 Å². The van der Waals surface area contributed by atoms with E-state index in [1.165, 1.54) is 11.3 Å². The van der Waals surface area contributed by atoms with Gasteiger partial charge in [-0.15, -0.1) is 0 Å². The number of rotatable bonds is 3. The van der Waals surface area contributed by atoms with Gasteiger partial charge < -0.3 is 20.4 Å². The summed E-state index contributed by atoms with van der Waals surface area (Å²) < 4.78 is 0. The van der Waals surface area contributed by atoms with Crippen LogP contribution in [0.25, 0.3) is 0 Å². The lowest BCUT2D eigenvalue weighted by molar-refractivity contribution is 0.218. The van der Waals surface area contributed by atoms with Crippen LogP contribution in [0.2, 0.25) is 0 Å². The molecule has 2 aliphatic heterocycles. The van der Waals surface area contributed by atoms with E-state index in [2.05, 4.69) is 46.7 Å². The van der Waals surface area contributed by atoms with Gasteiger partial charge in [0.1, 0.15) is 0 Å². The molecule has 1 unspecified atom stereocenters. The molecule has 3 rings (SSSR count). The number of nitrogens with one attached hydrogen (secondary N) is 2. The molecule has 0 bridgehead atoms. The zero-order valence-electron chi connectivity index (χ0n) is 11.9. The first-order chi connectivity index (χ1) is 9.74. The van der Waals surface area contributed by atoms with E-state index in [9.17, 15) is 4.79 Å². The van der Waals surface area contributed by atoms with Crippen molar-refractivity contribution in [1.29, 1.82) is 0 Å². The van der Waals surface area contributed by atoms with E-state index in [0.29, 0.717) is 6.04 Å². The molecule has 108 valence electrons. The molecular formula is C15H22N4O. The third kappa shape index (κ3) is 2.72. The quantitative estimate of drug-likeness (QED) is 0.865. The summed E-state index contributed by atoms with van der Waals surface area (Å²) in [6.07, 6.45) is 0. The van der Waals surface area contributed by atoms with Crippen molar-refractivity contribution < 1.29 is 4.79 Å². The summed E-state index contributed by atoms with van der Waals surface area (Å²) in [5.41, 5.74) is 2.63. The second-order valence-corrected chi connectivity index (χ2v) is 5.58. The van der Waals surface area contributed by atoms with Crippen LogP contribution in [0.3, 0.4) is 0 Å². The highest BCUT2D eigenvalue weighted by Gasteiger charge is 2.22. The summed E-state index contributed by atoms with van der Waals surface area (Å²) in [5.74, 6) is 0. The Morgan fingerprint density at radius 3 is 2.85 bits per heavy atom. The lowest BCUT2D eigenvalue weighted by atomic mass is 10.1. The van der Waals surface area contributed by atoms with E-state index in [4.69, 9.17) is 0 Å². The maximum Gasteiger partial charge on any atom is 0.317 e. The van der Waals surface area contributed by atoms with Crippen LogP contribution in [-0.4, -0.2) is 49.7 Å². The fraction of sp³-hybridized carbons (Fsp3) is 0.533. The SMILES string of the molecule is CC1CN(CCN2CCNC2=O)c2ccccc2CN1. The molecule has 2 N–H and O–H groups in total. The monoisotopic (exact) mass is 274 g/mol. The van der Waals surface area contributed by atoms with E-state index < -0.39 is 0 Å². The van der Waals surface area contributed by atoms with E-state index in [1.54, 1.807) is 0 Å². The third-order valence-corrected chi connectivity index (χ3v) is 4.05. The smallest absolute Gasteiger partial charge is 0.317 e. The molecule has 1 saturated heterocycles. The molecule has 2 amide bonds. The Morgan fingerprint density at radius 2 is 2.05 bits per heavy atom. The molecule has 5 heteroatoms. The minimum atomic E-state index is 0.0688. The van der Waals surface area contributed by atoms with Crippen LogP contribution >= 0.6 is 0 Å². The number of hydrogen-bond acceptors (Lipinski definition) is 3. The van der Waals surface area contributed by atoms with Gasteiger partial charge in [0.15, 0.2) is 0 Å². The summed E-state index contributed by atoms with van der Waals surface area (Å²) in [6, 6.07) is 9.05. The molecule has 1 aromatic carbocycles. The molecule has 1 aromatic rings. The Labute approximate surface area is 119 Å². The molecule has 1 atom stereocenters. The maximum absolute atomic E-state index is 11.6. The van der Waals surface area contributed by atoms with Crippen LogP contribution in [0.4, 0.5) is 10.5 Å². The van der Waals surface area contributed by atoms with Crippen molar-refractivity contribution in [3.63, 3.8) is 0 Å². The predicted octanol–water partition coefficient (Wildman–Crippen LogP) is 1.01. The Hall–Kier alpha value is -1.75. The molecule has 0 radical (unpaired) electrons. The molecular weight excluding hydrogens is 252 g/mol. The zero-order chi connectivity index (χ0) is 13.9. The molecule has 0 aromatic heterocycles. The summed E-state index contributed by atoms with van der Waals surface area (Å²) in [7, 11) is 0. The lowest BCUT2D eigenvalue weighted by Gasteiger charge is -2.28. The third-order valence-electron chi connectivity index (χ3n) is 4.05. The summed E-state index contributed by atoms with van der Waals surface area (Å²) in [4.78, 5) is 15.9. The van der Waals surface area contributed by atoms with Gasteiger partial charge in [-0.3, -0.25) is 0 Å². The average Bonchev–Trinajstić information content (AvgIpc) is 2.79. The van der Waals surface area contributed by atoms with Crippen molar-refractivity contribution in [1.82, 2.24) is 15.5 Å². The van der Waals surface area contributed by atoms with Crippen molar-refractivity contribution in [2.75, 3.05) is 37.6 Å². The number of carbonyl (C=O) groups is 1. The summed E-state index contributed by atoms with van der Waals surface area (Å²) >= 11 is 0. The number of carbonyl (C=O) groups excluding carboxylic acids is 1. The van der Waals surface area contributed by atoms with Crippen molar-refractivity contribution in [2.24, 2.45) is 0 Å². The van der Waals surface area contributed by atoms with Gasteiger partial charge in [-0.05, 0) is 18.6 Å². The van der Waals surface area contributed by atoms with Gasteiger partial charge in [0.25, 0.3) is 0 Å². The number of anilines is 1.